The van der Waals surface area contributed by atoms with Gasteiger partial charge in [0.15, 0.2) is 0 Å². The summed E-state index contributed by atoms with van der Waals surface area (Å²) in [6.45, 7) is 0.554. The molecule has 0 bridgehead atoms. The van der Waals surface area contributed by atoms with Gasteiger partial charge in [-0.2, -0.15) is 10.4 Å². The number of carbonyl (C=O) groups excluding carboxylic acids is 1. The molecule has 0 aliphatic carbocycles. The van der Waals surface area contributed by atoms with Gasteiger partial charge in [-0.25, -0.2) is 0 Å². The zero-order chi connectivity index (χ0) is 13.7. The van der Waals surface area contributed by atoms with E-state index in [4.69, 9.17) is 5.26 Å². The van der Waals surface area contributed by atoms with Crippen molar-refractivity contribution in [3.63, 3.8) is 0 Å². The molecule has 2 rings (SSSR count). The van der Waals surface area contributed by atoms with Crippen LogP contribution in [-0.4, -0.2) is 22.2 Å². The van der Waals surface area contributed by atoms with Gasteiger partial charge >= 0.3 is 0 Å². The standard InChI is InChI=1S/C14H14N4O/c1-18-13(7-9-17-18)6-8-16-14(19)12-4-2-11(10-15)3-5-12/h2-5,7,9H,6,8H2,1H3,(H,16,19). The number of carbonyl (C=O) groups is 1. The molecule has 5 heteroatoms. The summed E-state index contributed by atoms with van der Waals surface area (Å²) >= 11 is 0. The van der Waals surface area contributed by atoms with Gasteiger partial charge in [0, 0.05) is 37.5 Å². The Hall–Kier alpha value is -2.61. The molecule has 0 atom stereocenters. The zero-order valence-electron chi connectivity index (χ0n) is 10.6. The number of aromatic nitrogens is 2. The smallest absolute Gasteiger partial charge is 0.251 e. The summed E-state index contributed by atoms with van der Waals surface area (Å²) in [5.41, 5.74) is 2.18. The highest BCUT2D eigenvalue weighted by atomic mass is 16.1. The maximum absolute atomic E-state index is 11.8. The minimum atomic E-state index is -0.133. The van der Waals surface area contributed by atoms with E-state index < -0.39 is 0 Å². The van der Waals surface area contributed by atoms with Crippen LogP contribution in [-0.2, 0) is 13.5 Å². The van der Waals surface area contributed by atoms with Gasteiger partial charge in [0.25, 0.3) is 5.91 Å². The first-order chi connectivity index (χ1) is 9.20. The third kappa shape index (κ3) is 3.19. The maximum Gasteiger partial charge on any atom is 0.251 e. The van der Waals surface area contributed by atoms with Crippen LogP contribution in [0.25, 0.3) is 0 Å². The Balaban J connectivity index is 1.87. The number of nitriles is 1. The van der Waals surface area contributed by atoms with Crippen molar-refractivity contribution in [2.45, 2.75) is 6.42 Å². The predicted octanol–water partition coefficient (Wildman–Crippen LogP) is 1.26. The van der Waals surface area contributed by atoms with Crippen molar-refractivity contribution in [1.82, 2.24) is 15.1 Å². The predicted molar refractivity (Wildman–Crippen MR) is 70.4 cm³/mol. The second-order valence-electron chi connectivity index (χ2n) is 4.14. The molecule has 19 heavy (non-hydrogen) atoms. The van der Waals surface area contributed by atoms with Crippen molar-refractivity contribution in [3.8, 4) is 6.07 Å². The molecular formula is C14H14N4O. The Morgan fingerprint density at radius 1 is 1.37 bits per heavy atom. The molecule has 1 heterocycles. The summed E-state index contributed by atoms with van der Waals surface area (Å²) in [6, 6.07) is 10.5. The molecule has 0 aliphatic heterocycles. The molecule has 0 aliphatic rings. The average Bonchev–Trinajstić information content (AvgIpc) is 2.84. The van der Waals surface area contributed by atoms with Crippen molar-refractivity contribution >= 4 is 5.91 Å². The van der Waals surface area contributed by atoms with Gasteiger partial charge in [-0.05, 0) is 30.3 Å². The number of rotatable bonds is 4. The number of hydrogen-bond donors (Lipinski definition) is 1. The van der Waals surface area contributed by atoms with Crippen LogP contribution >= 0.6 is 0 Å². The van der Waals surface area contributed by atoms with E-state index in [9.17, 15) is 4.79 Å². The quantitative estimate of drug-likeness (QED) is 0.893. The van der Waals surface area contributed by atoms with Crippen LogP contribution in [0.4, 0.5) is 0 Å². The molecule has 0 saturated heterocycles. The van der Waals surface area contributed by atoms with Crippen molar-refractivity contribution in [2.24, 2.45) is 7.05 Å². The highest BCUT2D eigenvalue weighted by Gasteiger charge is 2.05. The Bertz CT molecular complexity index is 607. The van der Waals surface area contributed by atoms with Crippen LogP contribution in [0.5, 0.6) is 0 Å². The van der Waals surface area contributed by atoms with Crippen LogP contribution in [0.1, 0.15) is 21.6 Å². The molecule has 1 aromatic heterocycles. The minimum Gasteiger partial charge on any atom is -0.352 e. The third-order valence-corrected chi connectivity index (χ3v) is 2.87. The van der Waals surface area contributed by atoms with Crippen molar-refractivity contribution in [1.29, 1.82) is 5.26 Å². The van der Waals surface area contributed by atoms with E-state index in [0.29, 0.717) is 17.7 Å². The number of nitrogens with zero attached hydrogens (tertiary/aromatic N) is 3. The van der Waals surface area contributed by atoms with E-state index in [1.165, 1.54) is 0 Å². The monoisotopic (exact) mass is 254 g/mol. The highest BCUT2D eigenvalue weighted by Crippen LogP contribution is 2.03. The molecule has 1 amide bonds. The van der Waals surface area contributed by atoms with Crippen molar-refractivity contribution < 1.29 is 4.79 Å². The van der Waals surface area contributed by atoms with E-state index in [1.54, 1.807) is 35.1 Å². The fourth-order valence-electron chi connectivity index (χ4n) is 1.75. The molecule has 1 N–H and O–H groups in total. The van der Waals surface area contributed by atoms with E-state index in [1.807, 2.05) is 19.2 Å². The van der Waals surface area contributed by atoms with Crippen molar-refractivity contribution in [2.75, 3.05) is 6.54 Å². The topological polar surface area (TPSA) is 70.7 Å². The average molecular weight is 254 g/mol. The number of aryl methyl sites for hydroxylation is 1. The number of hydrogen-bond acceptors (Lipinski definition) is 3. The summed E-state index contributed by atoms with van der Waals surface area (Å²) in [7, 11) is 1.87. The molecule has 0 fully saturated rings. The summed E-state index contributed by atoms with van der Waals surface area (Å²) in [6.07, 6.45) is 2.47. The summed E-state index contributed by atoms with van der Waals surface area (Å²) in [5, 5.41) is 15.6. The van der Waals surface area contributed by atoms with Gasteiger partial charge in [0.1, 0.15) is 0 Å². The first-order valence-corrected chi connectivity index (χ1v) is 5.96. The highest BCUT2D eigenvalue weighted by molar-refractivity contribution is 5.94. The largest absolute Gasteiger partial charge is 0.352 e. The third-order valence-electron chi connectivity index (χ3n) is 2.87. The Morgan fingerprint density at radius 3 is 2.68 bits per heavy atom. The second kappa shape index (κ2) is 5.83. The molecule has 0 saturated carbocycles. The van der Waals surface area contributed by atoms with Crippen molar-refractivity contribution in [3.05, 3.63) is 53.3 Å². The van der Waals surface area contributed by atoms with E-state index in [0.717, 1.165) is 12.1 Å². The van der Waals surface area contributed by atoms with Crippen LogP contribution in [0, 0.1) is 11.3 Å². The fourth-order valence-corrected chi connectivity index (χ4v) is 1.75. The van der Waals surface area contributed by atoms with Crippen LogP contribution in [0.2, 0.25) is 0 Å². The van der Waals surface area contributed by atoms with Gasteiger partial charge in [-0.15, -0.1) is 0 Å². The van der Waals surface area contributed by atoms with Crippen LogP contribution in [0.15, 0.2) is 36.5 Å². The van der Waals surface area contributed by atoms with E-state index >= 15 is 0 Å². The van der Waals surface area contributed by atoms with Crippen LogP contribution < -0.4 is 5.32 Å². The number of nitrogens with one attached hydrogen (secondary N) is 1. The van der Waals surface area contributed by atoms with E-state index in [-0.39, 0.29) is 5.91 Å². The van der Waals surface area contributed by atoms with E-state index in [2.05, 4.69) is 10.4 Å². The van der Waals surface area contributed by atoms with Gasteiger partial charge in [0.2, 0.25) is 0 Å². The molecule has 5 nitrogen and oxygen atoms in total. The summed E-state index contributed by atoms with van der Waals surface area (Å²) in [5.74, 6) is -0.133. The normalized spacial score (nSPS) is 9.89. The lowest BCUT2D eigenvalue weighted by atomic mass is 10.1. The number of benzene rings is 1. The van der Waals surface area contributed by atoms with Gasteiger partial charge in [-0.3, -0.25) is 9.48 Å². The summed E-state index contributed by atoms with van der Waals surface area (Å²) < 4.78 is 1.79. The SMILES string of the molecule is Cn1nccc1CCNC(=O)c1ccc(C#N)cc1. The minimum absolute atomic E-state index is 0.133. The Morgan fingerprint density at radius 2 is 2.11 bits per heavy atom. The summed E-state index contributed by atoms with van der Waals surface area (Å²) in [4.78, 5) is 11.8. The molecule has 0 spiro atoms. The van der Waals surface area contributed by atoms with Gasteiger partial charge < -0.3 is 5.32 Å². The van der Waals surface area contributed by atoms with Crippen LogP contribution in [0.3, 0.4) is 0 Å². The molecular weight excluding hydrogens is 240 g/mol. The lowest BCUT2D eigenvalue weighted by Gasteiger charge is -2.05. The molecule has 0 radical (unpaired) electrons. The Kier molecular flexibility index (Phi) is 3.94. The maximum atomic E-state index is 11.8. The Labute approximate surface area is 111 Å². The van der Waals surface area contributed by atoms with Gasteiger partial charge in [-0.1, -0.05) is 0 Å². The van der Waals surface area contributed by atoms with Gasteiger partial charge in [0.05, 0.1) is 11.6 Å². The zero-order valence-corrected chi connectivity index (χ0v) is 10.6. The lowest BCUT2D eigenvalue weighted by Crippen LogP contribution is -2.26. The fraction of sp³-hybridized carbons (Fsp3) is 0.214. The second-order valence-corrected chi connectivity index (χ2v) is 4.14. The lowest BCUT2D eigenvalue weighted by molar-refractivity contribution is 0.0954. The molecule has 96 valence electrons. The molecule has 0 unspecified atom stereocenters. The molecule has 2 aromatic rings. The first-order valence-electron chi connectivity index (χ1n) is 5.96. The number of amides is 1. The molecule has 1 aromatic carbocycles. The first kappa shape index (κ1) is 12.8.